The summed E-state index contributed by atoms with van der Waals surface area (Å²) in [6.07, 6.45) is 55.9. The van der Waals surface area contributed by atoms with Gasteiger partial charge in [0.1, 0.15) is 12.6 Å². The number of carbonyl (C=O) groups is 3. The summed E-state index contributed by atoms with van der Waals surface area (Å²) in [5.41, 5.74) is 0. The molecule has 0 bridgehead atoms. The zero-order valence-corrected chi connectivity index (χ0v) is 33.1. The first-order valence-electron chi connectivity index (χ1n) is 20.7. The topological polar surface area (TPSA) is 92.7 Å². The number of carboxylic acid groups (broad SMARTS) is 1. The lowest BCUT2D eigenvalue weighted by Gasteiger charge is -2.14. The third-order valence-corrected chi connectivity index (χ3v) is 8.55. The predicted molar refractivity (Wildman–Crippen MR) is 221 cm³/mol. The number of hydrogen-bond donors (Lipinski definition) is 2. The summed E-state index contributed by atoms with van der Waals surface area (Å²) in [5.74, 6) is -1.32. The fourth-order valence-corrected chi connectivity index (χ4v) is 5.56. The normalized spacial score (nSPS) is 13.0. The fraction of sp³-hybridized carbons (Fsp3) is 0.630. The second-order valence-electron chi connectivity index (χ2n) is 13.5. The molecule has 0 heterocycles. The Bertz CT molecular complexity index is 1060. The van der Waals surface area contributed by atoms with Gasteiger partial charge in [-0.05, 0) is 89.5 Å². The minimum absolute atomic E-state index is 0.0908. The maximum Gasteiger partial charge on any atom is 0.322 e. The standard InChI is InChI=1S/C46H75NO5/c1-3-5-7-9-11-13-14-15-16-17-18-19-20-21-22-23-24-25-27-33-37-41-46(51)52-43(38-34-30-26-12-10-8-6-4-2)39-35-31-28-29-32-36-40-44(48)47-42-45(49)50/h5-8,11-13,15-16,18-19,26,34,38,43H,3-4,9-10,14,17,20-25,27-33,35-37,39-42H2,1-2H3,(H,47,48)(H,49,50)/b7-5-,8-6-,13-11-,16-15-,19-18-,26-12-,38-34-. The number of carbonyl (C=O) groups excluding carboxylic acids is 2. The van der Waals surface area contributed by atoms with Crippen LogP contribution in [0.25, 0.3) is 0 Å². The Morgan fingerprint density at radius 2 is 0.942 bits per heavy atom. The molecule has 6 heteroatoms. The molecule has 0 saturated carbocycles. The predicted octanol–water partition coefficient (Wildman–Crippen LogP) is 12.8. The van der Waals surface area contributed by atoms with Gasteiger partial charge in [0.2, 0.25) is 5.91 Å². The van der Waals surface area contributed by atoms with Gasteiger partial charge in [-0.15, -0.1) is 0 Å². The molecule has 0 aromatic carbocycles. The summed E-state index contributed by atoms with van der Waals surface area (Å²) in [4.78, 5) is 34.8. The highest BCUT2D eigenvalue weighted by atomic mass is 16.5. The van der Waals surface area contributed by atoms with Gasteiger partial charge in [-0.2, -0.15) is 0 Å². The van der Waals surface area contributed by atoms with E-state index in [1.54, 1.807) is 0 Å². The lowest BCUT2D eigenvalue weighted by Crippen LogP contribution is -2.28. The van der Waals surface area contributed by atoms with Gasteiger partial charge in [-0.3, -0.25) is 14.4 Å². The lowest BCUT2D eigenvalue weighted by atomic mass is 10.0. The first kappa shape index (κ1) is 48.6. The first-order chi connectivity index (χ1) is 25.5. The molecule has 2 N–H and O–H groups in total. The van der Waals surface area contributed by atoms with E-state index in [0.29, 0.717) is 12.8 Å². The zero-order chi connectivity index (χ0) is 38.0. The highest BCUT2D eigenvalue weighted by Crippen LogP contribution is 2.15. The number of unbranched alkanes of at least 4 members (excludes halogenated alkanes) is 13. The molecule has 0 rings (SSSR count). The Morgan fingerprint density at radius 3 is 1.46 bits per heavy atom. The average molecular weight is 722 g/mol. The Morgan fingerprint density at radius 1 is 0.519 bits per heavy atom. The second kappa shape index (κ2) is 40.4. The number of ether oxygens (including phenoxy) is 1. The van der Waals surface area contributed by atoms with Gasteiger partial charge in [-0.25, -0.2) is 0 Å². The summed E-state index contributed by atoms with van der Waals surface area (Å²) in [7, 11) is 0. The summed E-state index contributed by atoms with van der Waals surface area (Å²) in [6, 6.07) is 0. The molecule has 0 aliphatic carbocycles. The van der Waals surface area contributed by atoms with Crippen molar-refractivity contribution in [2.24, 2.45) is 0 Å². The van der Waals surface area contributed by atoms with Crippen LogP contribution in [-0.2, 0) is 19.1 Å². The molecule has 0 aromatic rings. The van der Waals surface area contributed by atoms with Crippen molar-refractivity contribution in [3.05, 3.63) is 85.1 Å². The molecule has 0 radical (unpaired) electrons. The molecule has 1 amide bonds. The van der Waals surface area contributed by atoms with Crippen molar-refractivity contribution in [1.82, 2.24) is 5.32 Å². The monoisotopic (exact) mass is 722 g/mol. The molecule has 0 fully saturated rings. The molecule has 294 valence electrons. The second-order valence-corrected chi connectivity index (χ2v) is 13.5. The molecule has 0 aliphatic heterocycles. The van der Waals surface area contributed by atoms with Gasteiger partial charge >= 0.3 is 11.9 Å². The van der Waals surface area contributed by atoms with Crippen LogP contribution in [0.4, 0.5) is 0 Å². The Balaban J connectivity index is 4.12. The number of aliphatic carboxylic acids is 1. The number of allylic oxidation sites excluding steroid dienone is 13. The lowest BCUT2D eigenvalue weighted by molar-refractivity contribution is -0.147. The van der Waals surface area contributed by atoms with Gasteiger partial charge in [-0.1, -0.05) is 157 Å². The molecule has 0 aliphatic rings. The third kappa shape index (κ3) is 39.4. The van der Waals surface area contributed by atoms with Crippen LogP contribution in [-0.4, -0.2) is 35.6 Å². The van der Waals surface area contributed by atoms with Crippen LogP contribution in [0.15, 0.2) is 85.1 Å². The Labute approximate surface area is 318 Å². The quantitative estimate of drug-likeness (QED) is 0.0382. The van der Waals surface area contributed by atoms with E-state index >= 15 is 0 Å². The van der Waals surface area contributed by atoms with Crippen LogP contribution in [0.3, 0.4) is 0 Å². The minimum atomic E-state index is -1.02. The van der Waals surface area contributed by atoms with Gasteiger partial charge < -0.3 is 15.2 Å². The van der Waals surface area contributed by atoms with E-state index in [1.807, 2.05) is 0 Å². The van der Waals surface area contributed by atoms with Gasteiger partial charge in [0.25, 0.3) is 0 Å². The molecule has 0 aromatic heterocycles. The fourth-order valence-electron chi connectivity index (χ4n) is 5.56. The summed E-state index contributed by atoms with van der Waals surface area (Å²) in [5, 5.41) is 11.0. The SMILES string of the molecule is CC/C=C\C/C=C\C/C=C\C/C=C\CCCCCCCCCCC(=O)OC(/C=C\C/C=C\C/C=C\CC)CCCCCCCCC(=O)NCC(=O)O. The Hall–Kier alpha value is -3.41. The Kier molecular flexibility index (Phi) is 37.7. The van der Waals surface area contributed by atoms with Crippen molar-refractivity contribution >= 4 is 17.8 Å². The van der Waals surface area contributed by atoms with Gasteiger partial charge in [0.15, 0.2) is 0 Å². The molecule has 1 unspecified atom stereocenters. The van der Waals surface area contributed by atoms with Crippen LogP contribution < -0.4 is 5.32 Å². The van der Waals surface area contributed by atoms with Crippen LogP contribution >= 0.6 is 0 Å². The highest BCUT2D eigenvalue weighted by molar-refractivity contribution is 5.80. The van der Waals surface area contributed by atoms with Crippen LogP contribution in [0.1, 0.15) is 174 Å². The van der Waals surface area contributed by atoms with Crippen molar-refractivity contribution in [2.75, 3.05) is 6.54 Å². The van der Waals surface area contributed by atoms with Crippen molar-refractivity contribution in [3.63, 3.8) is 0 Å². The maximum atomic E-state index is 12.7. The number of esters is 1. The van der Waals surface area contributed by atoms with E-state index in [-0.39, 0.29) is 24.5 Å². The smallest absolute Gasteiger partial charge is 0.322 e. The van der Waals surface area contributed by atoms with Crippen molar-refractivity contribution in [2.45, 2.75) is 180 Å². The van der Waals surface area contributed by atoms with E-state index in [1.165, 1.54) is 44.9 Å². The van der Waals surface area contributed by atoms with E-state index in [0.717, 1.165) is 103 Å². The van der Waals surface area contributed by atoms with Crippen molar-refractivity contribution in [1.29, 1.82) is 0 Å². The van der Waals surface area contributed by atoms with Crippen LogP contribution in [0.5, 0.6) is 0 Å². The molecular formula is C46H75NO5. The third-order valence-electron chi connectivity index (χ3n) is 8.55. The minimum Gasteiger partial charge on any atom is -0.480 e. The number of amides is 1. The van der Waals surface area contributed by atoms with Gasteiger partial charge in [0, 0.05) is 12.8 Å². The van der Waals surface area contributed by atoms with Crippen molar-refractivity contribution < 1.29 is 24.2 Å². The van der Waals surface area contributed by atoms with Crippen LogP contribution in [0, 0.1) is 0 Å². The van der Waals surface area contributed by atoms with Gasteiger partial charge in [0.05, 0.1) is 0 Å². The zero-order valence-electron chi connectivity index (χ0n) is 33.1. The average Bonchev–Trinajstić information content (AvgIpc) is 3.13. The summed E-state index contributed by atoms with van der Waals surface area (Å²) in [6.45, 7) is 3.98. The summed E-state index contributed by atoms with van der Waals surface area (Å²) >= 11 is 0. The number of nitrogens with one attached hydrogen (secondary N) is 1. The molecule has 6 nitrogen and oxygen atoms in total. The van der Waals surface area contributed by atoms with E-state index in [2.05, 4.69) is 104 Å². The van der Waals surface area contributed by atoms with E-state index in [9.17, 15) is 14.4 Å². The summed E-state index contributed by atoms with van der Waals surface area (Å²) < 4.78 is 5.90. The highest BCUT2D eigenvalue weighted by Gasteiger charge is 2.11. The largest absolute Gasteiger partial charge is 0.480 e. The van der Waals surface area contributed by atoms with Crippen molar-refractivity contribution in [3.8, 4) is 0 Å². The van der Waals surface area contributed by atoms with E-state index in [4.69, 9.17) is 9.84 Å². The molecule has 0 saturated heterocycles. The maximum absolute atomic E-state index is 12.7. The molecule has 52 heavy (non-hydrogen) atoms. The first-order valence-corrected chi connectivity index (χ1v) is 20.7. The van der Waals surface area contributed by atoms with Crippen LogP contribution in [0.2, 0.25) is 0 Å². The van der Waals surface area contributed by atoms with E-state index < -0.39 is 5.97 Å². The molecule has 0 spiro atoms. The number of rotatable bonds is 36. The molecular weight excluding hydrogens is 647 g/mol. The molecule has 1 atom stereocenters. The number of hydrogen-bond acceptors (Lipinski definition) is 4. The number of carboxylic acids is 1.